The van der Waals surface area contributed by atoms with Gasteiger partial charge in [0.2, 0.25) is 11.9 Å². The Bertz CT molecular complexity index is 302. The Morgan fingerprint density at radius 2 is 2.07 bits per heavy atom. The number of rotatable bonds is 4. The number of nitrogens with two attached hydrogens (primary N) is 1. The molecule has 6 heteroatoms. The summed E-state index contributed by atoms with van der Waals surface area (Å²) >= 11 is 0. The fourth-order valence-electron chi connectivity index (χ4n) is 0.914. The van der Waals surface area contributed by atoms with Crippen LogP contribution in [0, 0.1) is 0 Å². The molecular weight excluding hydrogens is 182 g/mol. The maximum Gasteiger partial charge on any atom is 0.227 e. The molecule has 0 unspecified atom stereocenters. The smallest absolute Gasteiger partial charge is 0.227 e. The summed E-state index contributed by atoms with van der Waals surface area (Å²) < 4.78 is 0. The molecule has 1 heterocycles. The minimum atomic E-state index is 0.0304. The number of aliphatic hydroxyl groups is 1. The van der Waals surface area contributed by atoms with Crippen LogP contribution in [-0.4, -0.2) is 33.2 Å². The van der Waals surface area contributed by atoms with E-state index in [-0.39, 0.29) is 18.5 Å². The molecule has 0 atom stereocenters. The topological polar surface area (TPSA) is 97.0 Å². The maximum atomic E-state index is 8.61. The van der Waals surface area contributed by atoms with E-state index < -0.39 is 0 Å². The third-order valence-corrected chi connectivity index (χ3v) is 1.58. The number of hydrogen-bond acceptors (Lipinski definition) is 6. The Morgan fingerprint density at radius 3 is 2.64 bits per heavy atom. The number of anilines is 2. The number of nitrogens with zero attached hydrogens (tertiary/aromatic N) is 3. The molecule has 0 aliphatic carbocycles. The van der Waals surface area contributed by atoms with E-state index in [0.717, 1.165) is 0 Å². The highest BCUT2D eigenvalue weighted by Gasteiger charge is 2.06. The first-order valence-corrected chi connectivity index (χ1v) is 4.49. The fourth-order valence-corrected chi connectivity index (χ4v) is 0.914. The van der Waals surface area contributed by atoms with Crippen molar-refractivity contribution in [2.75, 3.05) is 24.2 Å². The number of aliphatic hydroxyl groups excluding tert-OH is 1. The van der Waals surface area contributed by atoms with Gasteiger partial charge in [-0.05, 0) is 0 Å². The zero-order valence-corrected chi connectivity index (χ0v) is 8.36. The minimum absolute atomic E-state index is 0.0304. The molecular formula is C8H15N5O. The molecule has 0 saturated heterocycles. The molecule has 0 amide bonds. The Labute approximate surface area is 82.6 Å². The molecule has 0 aliphatic rings. The lowest BCUT2D eigenvalue weighted by Gasteiger charge is -2.07. The highest BCUT2D eigenvalue weighted by molar-refractivity contribution is 5.31. The standard InChI is InChI=1S/C8H15N5O/c1-5(2)6-11-7(9)13-8(12-6)10-3-4-14/h5,14H,3-4H2,1-2H3,(H3,9,10,11,12,13). The van der Waals surface area contributed by atoms with Gasteiger partial charge in [-0.2, -0.15) is 15.0 Å². The Balaban J connectivity index is 2.84. The van der Waals surface area contributed by atoms with Gasteiger partial charge in [-0.1, -0.05) is 13.8 Å². The van der Waals surface area contributed by atoms with E-state index in [1.165, 1.54) is 0 Å². The van der Waals surface area contributed by atoms with Crippen LogP contribution >= 0.6 is 0 Å². The van der Waals surface area contributed by atoms with Gasteiger partial charge < -0.3 is 16.2 Å². The van der Waals surface area contributed by atoms with E-state index in [2.05, 4.69) is 20.3 Å². The van der Waals surface area contributed by atoms with Crippen molar-refractivity contribution in [1.29, 1.82) is 0 Å². The predicted octanol–water partition coefficient (Wildman–Crippen LogP) is -0.0186. The van der Waals surface area contributed by atoms with Gasteiger partial charge in [0.05, 0.1) is 6.61 Å². The van der Waals surface area contributed by atoms with Crippen LogP contribution in [-0.2, 0) is 0 Å². The van der Waals surface area contributed by atoms with Gasteiger partial charge in [0.25, 0.3) is 0 Å². The van der Waals surface area contributed by atoms with Crippen molar-refractivity contribution < 1.29 is 5.11 Å². The molecule has 1 rings (SSSR count). The van der Waals surface area contributed by atoms with Crippen molar-refractivity contribution in [1.82, 2.24) is 15.0 Å². The van der Waals surface area contributed by atoms with Crippen LogP contribution in [0.4, 0.5) is 11.9 Å². The van der Waals surface area contributed by atoms with Crippen LogP contribution in [0.25, 0.3) is 0 Å². The summed E-state index contributed by atoms with van der Waals surface area (Å²) in [6.07, 6.45) is 0. The van der Waals surface area contributed by atoms with E-state index >= 15 is 0 Å². The van der Waals surface area contributed by atoms with Crippen molar-refractivity contribution in [2.45, 2.75) is 19.8 Å². The molecule has 0 fully saturated rings. The first-order chi connectivity index (χ1) is 6.63. The van der Waals surface area contributed by atoms with Gasteiger partial charge in [0, 0.05) is 12.5 Å². The number of hydrogen-bond donors (Lipinski definition) is 3. The van der Waals surface area contributed by atoms with Crippen molar-refractivity contribution >= 4 is 11.9 Å². The van der Waals surface area contributed by atoms with E-state index in [4.69, 9.17) is 10.8 Å². The average Bonchev–Trinajstić information content (AvgIpc) is 2.14. The molecule has 0 saturated carbocycles. The zero-order chi connectivity index (χ0) is 10.6. The van der Waals surface area contributed by atoms with Gasteiger partial charge in [-0.3, -0.25) is 0 Å². The van der Waals surface area contributed by atoms with Gasteiger partial charge in [-0.15, -0.1) is 0 Å². The van der Waals surface area contributed by atoms with Gasteiger partial charge in [-0.25, -0.2) is 0 Å². The molecule has 1 aromatic rings. The Hall–Kier alpha value is -1.43. The van der Waals surface area contributed by atoms with Crippen molar-refractivity contribution in [3.63, 3.8) is 0 Å². The molecule has 0 aromatic carbocycles. The highest BCUT2D eigenvalue weighted by Crippen LogP contribution is 2.11. The molecule has 4 N–H and O–H groups in total. The van der Waals surface area contributed by atoms with Crippen LogP contribution in [0.15, 0.2) is 0 Å². The summed E-state index contributed by atoms with van der Waals surface area (Å²) in [5.41, 5.74) is 5.50. The number of nitrogens with one attached hydrogen (secondary N) is 1. The Kier molecular flexibility index (Phi) is 3.58. The third-order valence-electron chi connectivity index (χ3n) is 1.58. The summed E-state index contributed by atoms with van der Waals surface area (Å²) in [5.74, 6) is 1.47. The summed E-state index contributed by atoms with van der Waals surface area (Å²) in [6, 6.07) is 0. The quantitative estimate of drug-likeness (QED) is 0.627. The maximum absolute atomic E-state index is 8.61. The van der Waals surface area contributed by atoms with Crippen molar-refractivity contribution in [3.8, 4) is 0 Å². The first-order valence-electron chi connectivity index (χ1n) is 4.49. The minimum Gasteiger partial charge on any atom is -0.395 e. The predicted molar refractivity (Wildman–Crippen MR) is 53.9 cm³/mol. The van der Waals surface area contributed by atoms with Crippen LogP contribution in [0.1, 0.15) is 25.6 Å². The monoisotopic (exact) mass is 197 g/mol. The molecule has 14 heavy (non-hydrogen) atoms. The second kappa shape index (κ2) is 4.71. The second-order valence-corrected chi connectivity index (χ2v) is 3.18. The molecule has 0 radical (unpaired) electrons. The fraction of sp³-hybridized carbons (Fsp3) is 0.625. The van der Waals surface area contributed by atoms with Crippen LogP contribution in [0.5, 0.6) is 0 Å². The van der Waals surface area contributed by atoms with E-state index in [0.29, 0.717) is 18.3 Å². The molecule has 1 aromatic heterocycles. The summed E-state index contributed by atoms with van der Waals surface area (Å²) in [5, 5.41) is 11.4. The summed E-state index contributed by atoms with van der Waals surface area (Å²) in [4.78, 5) is 12.0. The first kappa shape index (κ1) is 10.6. The largest absolute Gasteiger partial charge is 0.395 e. The van der Waals surface area contributed by atoms with Crippen LogP contribution in [0.2, 0.25) is 0 Å². The van der Waals surface area contributed by atoms with Crippen LogP contribution in [0.3, 0.4) is 0 Å². The third kappa shape index (κ3) is 2.81. The normalized spacial score (nSPS) is 10.6. The zero-order valence-electron chi connectivity index (χ0n) is 8.36. The molecule has 78 valence electrons. The average molecular weight is 197 g/mol. The lowest BCUT2D eigenvalue weighted by atomic mass is 10.2. The van der Waals surface area contributed by atoms with Crippen molar-refractivity contribution in [3.05, 3.63) is 5.82 Å². The number of nitrogen functional groups attached to an aromatic ring is 1. The molecule has 0 aliphatic heterocycles. The van der Waals surface area contributed by atoms with Gasteiger partial charge in [0.15, 0.2) is 0 Å². The summed E-state index contributed by atoms with van der Waals surface area (Å²) in [6.45, 7) is 4.39. The lowest BCUT2D eigenvalue weighted by molar-refractivity contribution is 0.310. The van der Waals surface area contributed by atoms with Crippen molar-refractivity contribution in [2.24, 2.45) is 0 Å². The second-order valence-electron chi connectivity index (χ2n) is 3.18. The summed E-state index contributed by atoms with van der Waals surface area (Å²) in [7, 11) is 0. The highest BCUT2D eigenvalue weighted by atomic mass is 16.3. The molecule has 6 nitrogen and oxygen atoms in total. The lowest BCUT2D eigenvalue weighted by Crippen LogP contribution is -2.13. The van der Waals surface area contributed by atoms with E-state index in [1.807, 2.05) is 13.8 Å². The SMILES string of the molecule is CC(C)c1nc(N)nc(NCCO)n1. The van der Waals surface area contributed by atoms with Gasteiger partial charge >= 0.3 is 0 Å². The Morgan fingerprint density at radius 1 is 1.36 bits per heavy atom. The molecule has 0 bridgehead atoms. The van der Waals surface area contributed by atoms with Gasteiger partial charge in [0.1, 0.15) is 5.82 Å². The molecule has 0 spiro atoms. The van der Waals surface area contributed by atoms with Crippen LogP contribution < -0.4 is 11.1 Å². The number of aromatic nitrogens is 3. The van der Waals surface area contributed by atoms with E-state index in [1.54, 1.807) is 0 Å². The van der Waals surface area contributed by atoms with E-state index in [9.17, 15) is 0 Å².